The number of benzene rings is 1. The first kappa shape index (κ1) is 19.8. The molecule has 0 spiro atoms. The van der Waals surface area contributed by atoms with Gasteiger partial charge >= 0.3 is 0 Å². The molecule has 1 aliphatic heterocycles. The Balaban J connectivity index is 1.33. The zero-order chi connectivity index (χ0) is 20.9. The zero-order valence-corrected chi connectivity index (χ0v) is 16.7. The van der Waals surface area contributed by atoms with Gasteiger partial charge in [0.1, 0.15) is 0 Å². The number of nitrogens with one attached hydrogen (secondary N) is 2. The monoisotopic (exact) mass is 408 g/mol. The number of carbonyl (C=O) groups excluding carboxylic acids is 2. The van der Waals surface area contributed by atoms with E-state index in [0.29, 0.717) is 31.9 Å². The number of anilines is 1. The van der Waals surface area contributed by atoms with Gasteiger partial charge in [0.2, 0.25) is 5.91 Å². The minimum Gasteiger partial charge on any atom is -0.365 e. The third-order valence-corrected chi connectivity index (χ3v) is 5.12. The van der Waals surface area contributed by atoms with E-state index in [4.69, 9.17) is 4.74 Å². The first-order valence-electron chi connectivity index (χ1n) is 9.87. The number of hydrogen-bond donors (Lipinski definition) is 2. The molecule has 2 amide bonds. The van der Waals surface area contributed by atoms with Gasteiger partial charge in [-0.3, -0.25) is 14.7 Å². The number of aryl methyl sites for hydroxylation is 2. The van der Waals surface area contributed by atoms with Crippen LogP contribution in [0.1, 0.15) is 12.0 Å². The van der Waals surface area contributed by atoms with Crippen molar-refractivity contribution < 1.29 is 14.3 Å². The average Bonchev–Trinajstić information content (AvgIpc) is 3.44. The van der Waals surface area contributed by atoms with E-state index in [1.54, 1.807) is 23.5 Å². The molecule has 3 heterocycles. The van der Waals surface area contributed by atoms with Crippen LogP contribution in [0.5, 0.6) is 0 Å². The summed E-state index contributed by atoms with van der Waals surface area (Å²) >= 11 is 0. The molecule has 4 rings (SSSR count). The van der Waals surface area contributed by atoms with Gasteiger partial charge in [-0.15, -0.1) is 0 Å². The molecule has 0 radical (unpaired) electrons. The van der Waals surface area contributed by atoms with E-state index in [-0.39, 0.29) is 18.4 Å². The molecule has 30 heavy (non-hydrogen) atoms. The van der Waals surface area contributed by atoms with Gasteiger partial charge in [-0.1, -0.05) is 24.3 Å². The number of nitrogens with zero attached hydrogens (tertiary/aromatic N) is 4. The van der Waals surface area contributed by atoms with E-state index in [9.17, 15) is 9.59 Å². The molecule has 3 aromatic rings. The normalized spacial score (nSPS) is 16.4. The molecule has 9 heteroatoms. The highest BCUT2D eigenvalue weighted by Crippen LogP contribution is 2.23. The van der Waals surface area contributed by atoms with Gasteiger partial charge < -0.3 is 19.5 Å². The molecule has 1 fully saturated rings. The molecule has 0 aliphatic carbocycles. The van der Waals surface area contributed by atoms with Crippen molar-refractivity contribution in [1.82, 2.24) is 24.6 Å². The van der Waals surface area contributed by atoms with Gasteiger partial charge in [-0.25, -0.2) is 4.98 Å². The molecule has 9 nitrogen and oxygen atoms in total. The lowest BCUT2D eigenvalue weighted by Gasteiger charge is -2.32. The lowest BCUT2D eigenvalue weighted by Crippen LogP contribution is -2.50. The minimum absolute atomic E-state index is 0.00796. The fraction of sp³-hybridized carbons (Fsp3) is 0.333. The average molecular weight is 408 g/mol. The number of ether oxygens (including phenoxy) is 1. The van der Waals surface area contributed by atoms with Gasteiger partial charge in [0.15, 0.2) is 11.9 Å². The largest absolute Gasteiger partial charge is 0.365 e. The molecule has 0 bridgehead atoms. The van der Waals surface area contributed by atoms with Crippen LogP contribution in [0, 0.1) is 6.92 Å². The number of aromatic amines is 1. The number of H-pyrrole nitrogens is 1. The standard InChI is InChI=1S/C21H24N6O3/c1-15-4-2-3-5-16(15)17-12-19(25-24-17)23-21(29)18-13-27(10-11-30-18)20(28)6-8-26-9-7-22-14-26/h2-5,7,9,12,14,18H,6,8,10-11,13H2,1H3,(H2,23,24,25,29). The lowest BCUT2D eigenvalue weighted by molar-refractivity contribution is -0.144. The van der Waals surface area contributed by atoms with E-state index in [1.807, 2.05) is 42.0 Å². The Bertz CT molecular complexity index is 1010. The summed E-state index contributed by atoms with van der Waals surface area (Å²) < 4.78 is 7.45. The summed E-state index contributed by atoms with van der Waals surface area (Å²) in [6, 6.07) is 9.72. The minimum atomic E-state index is -0.727. The molecular formula is C21H24N6O3. The zero-order valence-electron chi connectivity index (χ0n) is 16.7. The van der Waals surface area contributed by atoms with Crippen LogP contribution in [0.25, 0.3) is 11.3 Å². The molecule has 1 aliphatic rings. The number of amides is 2. The van der Waals surface area contributed by atoms with Gasteiger partial charge in [0.05, 0.1) is 25.2 Å². The van der Waals surface area contributed by atoms with Crippen molar-refractivity contribution in [2.24, 2.45) is 0 Å². The smallest absolute Gasteiger partial charge is 0.256 e. The number of aromatic nitrogens is 4. The highest BCUT2D eigenvalue weighted by atomic mass is 16.5. The fourth-order valence-electron chi connectivity index (χ4n) is 3.44. The quantitative estimate of drug-likeness (QED) is 0.648. The van der Waals surface area contributed by atoms with Crippen LogP contribution in [-0.4, -0.2) is 62.3 Å². The van der Waals surface area contributed by atoms with Crippen molar-refractivity contribution >= 4 is 17.6 Å². The molecule has 0 saturated carbocycles. The Morgan fingerprint density at radius 3 is 3.00 bits per heavy atom. The Morgan fingerprint density at radius 2 is 2.20 bits per heavy atom. The molecule has 1 saturated heterocycles. The molecular weight excluding hydrogens is 384 g/mol. The maximum atomic E-state index is 12.7. The number of rotatable bonds is 6. The third kappa shape index (κ3) is 4.57. The predicted molar refractivity (Wildman–Crippen MR) is 111 cm³/mol. The molecule has 2 N–H and O–H groups in total. The van der Waals surface area contributed by atoms with Crippen molar-refractivity contribution in [1.29, 1.82) is 0 Å². The third-order valence-electron chi connectivity index (χ3n) is 5.12. The van der Waals surface area contributed by atoms with Gasteiger partial charge in [0.25, 0.3) is 5.91 Å². The van der Waals surface area contributed by atoms with Crippen molar-refractivity contribution in [3.8, 4) is 11.3 Å². The van der Waals surface area contributed by atoms with Crippen LogP contribution in [0.15, 0.2) is 49.1 Å². The lowest BCUT2D eigenvalue weighted by atomic mass is 10.1. The Labute approximate surface area is 174 Å². The molecule has 2 aromatic heterocycles. The Hall–Kier alpha value is -3.46. The fourth-order valence-corrected chi connectivity index (χ4v) is 3.44. The van der Waals surface area contributed by atoms with Crippen LogP contribution < -0.4 is 5.32 Å². The van der Waals surface area contributed by atoms with Crippen molar-refractivity contribution in [2.45, 2.75) is 26.0 Å². The topological polar surface area (TPSA) is 105 Å². The van der Waals surface area contributed by atoms with Crippen LogP contribution in [0.4, 0.5) is 5.82 Å². The van der Waals surface area contributed by atoms with Crippen LogP contribution in [0.2, 0.25) is 0 Å². The number of hydrogen-bond acceptors (Lipinski definition) is 5. The summed E-state index contributed by atoms with van der Waals surface area (Å²) in [5.41, 5.74) is 2.96. The summed E-state index contributed by atoms with van der Waals surface area (Å²) in [6.45, 7) is 3.60. The highest BCUT2D eigenvalue weighted by Gasteiger charge is 2.29. The van der Waals surface area contributed by atoms with Crippen LogP contribution in [-0.2, 0) is 20.9 Å². The van der Waals surface area contributed by atoms with E-state index < -0.39 is 6.10 Å². The first-order chi connectivity index (χ1) is 14.6. The SMILES string of the molecule is Cc1ccccc1-c1cc(NC(=O)C2CN(C(=O)CCn3ccnc3)CCO2)n[nH]1. The second-order valence-electron chi connectivity index (χ2n) is 7.22. The van der Waals surface area contributed by atoms with Gasteiger partial charge in [-0.2, -0.15) is 5.10 Å². The van der Waals surface area contributed by atoms with Gasteiger partial charge in [0, 0.05) is 43.5 Å². The van der Waals surface area contributed by atoms with E-state index in [1.165, 1.54) is 0 Å². The summed E-state index contributed by atoms with van der Waals surface area (Å²) in [4.78, 5) is 30.8. The van der Waals surface area contributed by atoms with E-state index in [0.717, 1.165) is 16.8 Å². The van der Waals surface area contributed by atoms with Crippen molar-refractivity contribution in [2.75, 3.05) is 25.0 Å². The van der Waals surface area contributed by atoms with E-state index in [2.05, 4.69) is 20.5 Å². The van der Waals surface area contributed by atoms with Crippen LogP contribution in [0.3, 0.4) is 0 Å². The summed E-state index contributed by atoms with van der Waals surface area (Å²) in [7, 11) is 0. The van der Waals surface area contributed by atoms with Gasteiger partial charge in [-0.05, 0) is 12.5 Å². The Morgan fingerprint density at radius 1 is 1.33 bits per heavy atom. The predicted octanol–water partition coefficient (Wildman–Crippen LogP) is 1.84. The maximum absolute atomic E-state index is 12.7. The number of imidazole rings is 1. The summed E-state index contributed by atoms with van der Waals surface area (Å²) in [5, 5.41) is 9.91. The summed E-state index contributed by atoms with van der Waals surface area (Å²) in [5.74, 6) is 0.0989. The van der Waals surface area contributed by atoms with Crippen LogP contribution >= 0.6 is 0 Å². The summed E-state index contributed by atoms with van der Waals surface area (Å²) in [6.07, 6.45) is 4.80. The molecule has 1 unspecified atom stereocenters. The maximum Gasteiger partial charge on any atom is 0.256 e. The second kappa shape index (κ2) is 8.91. The molecule has 1 atom stereocenters. The highest BCUT2D eigenvalue weighted by molar-refractivity contribution is 5.94. The number of morpholine rings is 1. The first-order valence-corrected chi connectivity index (χ1v) is 9.87. The Kier molecular flexibility index (Phi) is 5.89. The number of carbonyl (C=O) groups is 2. The van der Waals surface area contributed by atoms with Crippen molar-refractivity contribution in [3.05, 3.63) is 54.6 Å². The van der Waals surface area contributed by atoms with E-state index >= 15 is 0 Å². The molecule has 156 valence electrons. The molecule has 1 aromatic carbocycles. The van der Waals surface area contributed by atoms with Crippen molar-refractivity contribution in [3.63, 3.8) is 0 Å². The second-order valence-corrected chi connectivity index (χ2v) is 7.22.